The topological polar surface area (TPSA) is 54.5 Å². The third-order valence-corrected chi connectivity index (χ3v) is 6.16. The van der Waals surface area contributed by atoms with Gasteiger partial charge in [-0.15, -0.1) is 0 Å². The predicted octanol–water partition coefficient (Wildman–Crippen LogP) is 3.35. The number of Topliss-reactive ketones (excluding diaryl/α,β-unsaturated/α-hetero) is 1. The van der Waals surface area contributed by atoms with E-state index in [0.717, 1.165) is 17.5 Å². The lowest BCUT2D eigenvalue weighted by molar-refractivity contribution is 0.0982. The molecule has 0 aliphatic carbocycles. The quantitative estimate of drug-likeness (QED) is 0.836. The van der Waals surface area contributed by atoms with Crippen LogP contribution in [0.25, 0.3) is 0 Å². The van der Waals surface area contributed by atoms with Crippen LogP contribution in [0.2, 0.25) is 0 Å². The number of anilines is 1. The Morgan fingerprint density at radius 1 is 1.08 bits per heavy atom. The number of sulfonamides is 1. The Bertz CT molecular complexity index is 844. The first-order chi connectivity index (χ1) is 11.5. The van der Waals surface area contributed by atoms with Crippen molar-refractivity contribution in [1.82, 2.24) is 0 Å². The van der Waals surface area contributed by atoms with Gasteiger partial charge in [-0.1, -0.05) is 42.0 Å². The van der Waals surface area contributed by atoms with E-state index < -0.39 is 10.0 Å². The van der Waals surface area contributed by atoms with Gasteiger partial charge in [0, 0.05) is 18.5 Å². The normalized spacial score (nSPS) is 14.5. The van der Waals surface area contributed by atoms with Crippen molar-refractivity contribution in [2.75, 3.05) is 16.6 Å². The van der Waals surface area contributed by atoms with Crippen molar-refractivity contribution in [2.45, 2.75) is 26.2 Å². The van der Waals surface area contributed by atoms with Crippen LogP contribution in [-0.4, -0.2) is 26.5 Å². The maximum absolute atomic E-state index is 12.7. The van der Waals surface area contributed by atoms with Crippen LogP contribution < -0.4 is 4.31 Å². The van der Waals surface area contributed by atoms with Gasteiger partial charge in [-0.3, -0.25) is 9.10 Å². The summed E-state index contributed by atoms with van der Waals surface area (Å²) in [6.45, 7) is 2.14. The van der Waals surface area contributed by atoms with Crippen LogP contribution in [0.15, 0.2) is 48.5 Å². The fourth-order valence-electron chi connectivity index (χ4n) is 3.05. The molecule has 0 N–H and O–H groups in total. The molecule has 2 aromatic carbocycles. The molecule has 0 atom stereocenters. The molecule has 1 aliphatic heterocycles. The zero-order chi connectivity index (χ0) is 17.2. The molecule has 3 rings (SSSR count). The lowest BCUT2D eigenvalue weighted by Gasteiger charge is -2.30. The van der Waals surface area contributed by atoms with E-state index in [9.17, 15) is 13.2 Å². The molecule has 0 radical (unpaired) electrons. The van der Waals surface area contributed by atoms with Crippen LogP contribution in [-0.2, 0) is 16.4 Å². The second kappa shape index (κ2) is 6.77. The molecule has 1 aliphatic rings. The van der Waals surface area contributed by atoms with E-state index in [1.54, 1.807) is 12.1 Å². The second-order valence-electron chi connectivity index (χ2n) is 6.17. The number of hydrogen-bond acceptors (Lipinski definition) is 3. The van der Waals surface area contributed by atoms with E-state index in [-0.39, 0.29) is 24.5 Å². The molecule has 126 valence electrons. The molecular formula is C19H21NO3S. The standard InChI is InChI=1S/C19H21NO3S/c1-15-9-10-18-17(14-15)19(21)11-12-20(18)24(22,23)13-5-8-16-6-3-2-4-7-16/h2-4,6-7,9-10,14H,5,8,11-13H2,1H3. The molecule has 0 aromatic heterocycles. The zero-order valence-corrected chi connectivity index (χ0v) is 14.6. The van der Waals surface area contributed by atoms with Gasteiger partial charge in [-0.25, -0.2) is 8.42 Å². The van der Waals surface area contributed by atoms with Crippen LogP contribution >= 0.6 is 0 Å². The number of hydrogen-bond donors (Lipinski definition) is 0. The highest BCUT2D eigenvalue weighted by atomic mass is 32.2. The van der Waals surface area contributed by atoms with E-state index in [0.29, 0.717) is 17.7 Å². The van der Waals surface area contributed by atoms with Crippen LogP contribution in [0, 0.1) is 6.92 Å². The van der Waals surface area contributed by atoms with Gasteiger partial charge in [0.05, 0.1) is 11.4 Å². The Morgan fingerprint density at radius 3 is 2.58 bits per heavy atom. The van der Waals surface area contributed by atoms with E-state index in [1.165, 1.54) is 4.31 Å². The molecule has 24 heavy (non-hydrogen) atoms. The van der Waals surface area contributed by atoms with E-state index in [1.807, 2.05) is 43.3 Å². The zero-order valence-electron chi connectivity index (χ0n) is 13.7. The van der Waals surface area contributed by atoms with Crippen LogP contribution in [0.1, 0.15) is 34.3 Å². The molecule has 0 spiro atoms. The minimum absolute atomic E-state index is 0.0180. The van der Waals surface area contributed by atoms with E-state index >= 15 is 0 Å². The molecular weight excluding hydrogens is 322 g/mol. The molecule has 0 unspecified atom stereocenters. The molecule has 0 fully saturated rings. The lowest BCUT2D eigenvalue weighted by atomic mass is 10.0. The summed E-state index contributed by atoms with van der Waals surface area (Å²) in [6, 6.07) is 15.2. The van der Waals surface area contributed by atoms with Gasteiger partial charge in [0.1, 0.15) is 0 Å². The average molecular weight is 343 g/mol. The first-order valence-electron chi connectivity index (χ1n) is 8.15. The minimum atomic E-state index is -3.42. The predicted molar refractivity (Wildman–Crippen MR) is 96.0 cm³/mol. The Hall–Kier alpha value is -2.14. The van der Waals surface area contributed by atoms with Crippen LogP contribution in [0.5, 0.6) is 0 Å². The summed E-state index contributed by atoms with van der Waals surface area (Å²) in [5.74, 6) is 0.105. The van der Waals surface area contributed by atoms with Gasteiger partial charge in [0.2, 0.25) is 10.0 Å². The molecule has 0 amide bonds. The minimum Gasteiger partial charge on any atom is -0.294 e. The second-order valence-corrected chi connectivity index (χ2v) is 8.18. The smallest absolute Gasteiger partial charge is 0.235 e. The lowest BCUT2D eigenvalue weighted by Crippen LogP contribution is -2.39. The number of fused-ring (bicyclic) bond motifs is 1. The number of rotatable bonds is 5. The van der Waals surface area contributed by atoms with Gasteiger partial charge in [-0.05, 0) is 37.5 Å². The van der Waals surface area contributed by atoms with E-state index in [2.05, 4.69) is 0 Å². The van der Waals surface area contributed by atoms with Gasteiger partial charge >= 0.3 is 0 Å². The summed E-state index contributed by atoms with van der Waals surface area (Å²) in [5, 5.41) is 0. The summed E-state index contributed by atoms with van der Waals surface area (Å²) < 4.78 is 26.9. The molecule has 0 bridgehead atoms. The van der Waals surface area contributed by atoms with Crippen molar-refractivity contribution >= 4 is 21.5 Å². The van der Waals surface area contributed by atoms with Crippen molar-refractivity contribution < 1.29 is 13.2 Å². The van der Waals surface area contributed by atoms with Crippen LogP contribution in [0.3, 0.4) is 0 Å². The fraction of sp³-hybridized carbons (Fsp3) is 0.316. The molecule has 0 saturated carbocycles. The highest BCUT2D eigenvalue weighted by Gasteiger charge is 2.30. The maximum atomic E-state index is 12.7. The third-order valence-electron chi connectivity index (χ3n) is 4.31. The highest BCUT2D eigenvalue weighted by molar-refractivity contribution is 7.92. The maximum Gasteiger partial charge on any atom is 0.235 e. The molecule has 4 nitrogen and oxygen atoms in total. The number of ketones is 1. The van der Waals surface area contributed by atoms with Gasteiger partial charge < -0.3 is 0 Å². The van der Waals surface area contributed by atoms with Gasteiger partial charge in [0.25, 0.3) is 0 Å². The molecule has 0 saturated heterocycles. The van der Waals surface area contributed by atoms with Crippen molar-refractivity contribution in [1.29, 1.82) is 0 Å². The van der Waals surface area contributed by atoms with Crippen molar-refractivity contribution in [3.05, 3.63) is 65.2 Å². The van der Waals surface area contributed by atoms with Crippen molar-refractivity contribution in [3.63, 3.8) is 0 Å². The number of carbonyl (C=O) groups excluding carboxylic acids is 1. The average Bonchev–Trinajstić information content (AvgIpc) is 2.56. The SMILES string of the molecule is Cc1ccc2c(c1)C(=O)CCN2S(=O)(=O)CCCc1ccccc1. The van der Waals surface area contributed by atoms with Gasteiger partial charge in [0.15, 0.2) is 5.78 Å². The summed E-state index contributed by atoms with van der Waals surface area (Å²) in [6.07, 6.45) is 1.54. The summed E-state index contributed by atoms with van der Waals surface area (Å²) in [5.41, 5.74) is 3.15. The van der Waals surface area contributed by atoms with Crippen molar-refractivity contribution in [3.8, 4) is 0 Å². The van der Waals surface area contributed by atoms with Crippen molar-refractivity contribution in [2.24, 2.45) is 0 Å². The molecule has 1 heterocycles. The third kappa shape index (κ3) is 3.51. The van der Waals surface area contributed by atoms with Crippen LogP contribution in [0.4, 0.5) is 5.69 Å². The summed E-state index contributed by atoms with van der Waals surface area (Å²) >= 11 is 0. The van der Waals surface area contributed by atoms with Gasteiger partial charge in [-0.2, -0.15) is 0 Å². The summed E-state index contributed by atoms with van der Waals surface area (Å²) in [4.78, 5) is 12.1. The Balaban J connectivity index is 1.76. The fourth-order valence-corrected chi connectivity index (χ4v) is 4.61. The monoisotopic (exact) mass is 343 g/mol. The Kier molecular flexibility index (Phi) is 4.71. The van der Waals surface area contributed by atoms with E-state index in [4.69, 9.17) is 0 Å². The summed E-state index contributed by atoms with van der Waals surface area (Å²) in [7, 11) is -3.42. The first kappa shape index (κ1) is 16.7. The molecule has 5 heteroatoms. The number of nitrogens with zero attached hydrogens (tertiary/aromatic N) is 1. The number of carbonyl (C=O) groups is 1. The Labute approximate surface area is 143 Å². The largest absolute Gasteiger partial charge is 0.294 e. The Morgan fingerprint density at radius 2 is 1.83 bits per heavy atom. The molecule has 2 aromatic rings. The number of benzene rings is 2. The first-order valence-corrected chi connectivity index (χ1v) is 9.76. The number of aryl methyl sites for hydroxylation is 2. The highest BCUT2D eigenvalue weighted by Crippen LogP contribution is 2.30.